The highest BCUT2D eigenvalue weighted by atomic mass is 19.4. The van der Waals surface area contributed by atoms with Crippen molar-refractivity contribution >= 4 is 16.9 Å². The molecule has 0 saturated heterocycles. The molecule has 158 valence electrons. The molecule has 2 aromatic carbocycles. The van der Waals surface area contributed by atoms with E-state index in [1.165, 1.54) is 12.1 Å². The maximum atomic E-state index is 13.7. The Morgan fingerprint density at radius 3 is 2.60 bits per heavy atom. The molecule has 2 N–H and O–H groups in total. The van der Waals surface area contributed by atoms with Gasteiger partial charge in [-0.15, -0.1) is 0 Å². The van der Waals surface area contributed by atoms with Crippen LogP contribution in [-0.4, -0.2) is 22.7 Å². The molecule has 30 heavy (non-hydrogen) atoms. The molecule has 0 spiro atoms. The second kappa shape index (κ2) is 7.47. The summed E-state index contributed by atoms with van der Waals surface area (Å²) in [6.07, 6.45) is -2.95. The molecule has 0 fully saturated rings. The van der Waals surface area contributed by atoms with Gasteiger partial charge in [-0.3, -0.25) is 4.79 Å². The van der Waals surface area contributed by atoms with E-state index in [2.05, 4.69) is 4.98 Å². The van der Waals surface area contributed by atoms with Crippen LogP contribution in [0.4, 0.5) is 13.2 Å². The third-order valence-corrected chi connectivity index (χ3v) is 5.73. The van der Waals surface area contributed by atoms with Crippen LogP contribution in [0.15, 0.2) is 42.5 Å². The van der Waals surface area contributed by atoms with Crippen molar-refractivity contribution in [1.29, 1.82) is 0 Å². The highest BCUT2D eigenvalue weighted by Gasteiger charge is 2.42. The number of aliphatic carboxylic acids is 1. The molecule has 0 saturated carbocycles. The zero-order valence-electron chi connectivity index (χ0n) is 16.5. The van der Waals surface area contributed by atoms with Gasteiger partial charge in [-0.05, 0) is 41.7 Å². The lowest BCUT2D eigenvalue weighted by Crippen LogP contribution is -2.37. The monoisotopic (exact) mass is 417 g/mol. The Kier molecular flexibility index (Phi) is 5.10. The van der Waals surface area contributed by atoms with Crippen molar-refractivity contribution in [3.63, 3.8) is 0 Å². The first-order valence-electron chi connectivity index (χ1n) is 9.93. The lowest BCUT2D eigenvalue weighted by molar-refractivity contribution is -0.149. The van der Waals surface area contributed by atoms with Gasteiger partial charge in [0.05, 0.1) is 24.3 Å². The fourth-order valence-electron chi connectivity index (χ4n) is 4.64. The van der Waals surface area contributed by atoms with Gasteiger partial charge in [0.2, 0.25) is 0 Å². The number of halogens is 3. The average molecular weight is 417 g/mol. The fraction of sp³-hybridized carbons (Fsp3) is 0.348. The van der Waals surface area contributed by atoms with Crippen LogP contribution in [0, 0.1) is 0 Å². The van der Waals surface area contributed by atoms with Gasteiger partial charge in [-0.25, -0.2) is 0 Å². The zero-order chi connectivity index (χ0) is 21.5. The average Bonchev–Trinajstić information content (AvgIpc) is 3.08. The summed E-state index contributed by atoms with van der Waals surface area (Å²) < 4.78 is 47.0. The lowest BCUT2D eigenvalue weighted by Gasteiger charge is -2.36. The van der Waals surface area contributed by atoms with Gasteiger partial charge >= 0.3 is 12.1 Å². The summed E-state index contributed by atoms with van der Waals surface area (Å²) in [6, 6.07) is 10.8. The van der Waals surface area contributed by atoms with Crippen molar-refractivity contribution in [2.24, 2.45) is 0 Å². The minimum atomic E-state index is -4.48. The second-order valence-electron chi connectivity index (χ2n) is 7.66. The third-order valence-electron chi connectivity index (χ3n) is 5.73. The van der Waals surface area contributed by atoms with E-state index in [0.29, 0.717) is 48.0 Å². The Balaban J connectivity index is 1.99. The van der Waals surface area contributed by atoms with E-state index in [1.807, 2.05) is 13.0 Å². The number of H-pyrrole nitrogens is 1. The normalized spacial score (nSPS) is 19.1. The summed E-state index contributed by atoms with van der Waals surface area (Å²) in [7, 11) is 0. The molecule has 7 heteroatoms. The third kappa shape index (κ3) is 3.37. The summed E-state index contributed by atoms with van der Waals surface area (Å²) in [5.74, 6) is -0.974. The second-order valence-corrected chi connectivity index (χ2v) is 7.66. The van der Waals surface area contributed by atoms with Gasteiger partial charge in [0.25, 0.3) is 0 Å². The summed E-state index contributed by atoms with van der Waals surface area (Å²) in [5.41, 5.74) is 1.11. The van der Waals surface area contributed by atoms with E-state index in [0.717, 1.165) is 11.6 Å². The Bertz CT molecular complexity index is 1100. The summed E-state index contributed by atoms with van der Waals surface area (Å²) >= 11 is 0. The predicted octanol–water partition coefficient (Wildman–Crippen LogP) is 5.90. The molecule has 3 aromatic rings. The van der Waals surface area contributed by atoms with Gasteiger partial charge in [-0.2, -0.15) is 13.2 Å². The first-order valence-corrected chi connectivity index (χ1v) is 9.93. The number of carbonyl (C=O) groups is 1. The molecule has 0 amide bonds. The number of rotatable bonds is 5. The Labute approximate surface area is 171 Å². The van der Waals surface area contributed by atoms with E-state index in [4.69, 9.17) is 4.74 Å². The topological polar surface area (TPSA) is 62.3 Å². The zero-order valence-corrected chi connectivity index (χ0v) is 16.5. The van der Waals surface area contributed by atoms with E-state index in [-0.39, 0.29) is 12.0 Å². The molecule has 0 bridgehead atoms. The van der Waals surface area contributed by atoms with Gasteiger partial charge in [0.15, 0.2) is 0 Å². The minimum Gasteiger partial charge on any atom is -0.481 e. The molecule has 0 aliphatic carbocycles. The number of hydrogen-bond acceptors (Lipinski definition) is 2. The molecule has 2 heterocycles. The Morgan fingerprint density at radius 2 is 1.90 bits per heavy atom. The molecule has 1 aliphatic rings. The van der Waals surface area contributed by atoms with Gasteiger partial charge < -0.3 is 14.8 Å². The number of fused-ring (bicyclic) bond motifs is 3. The number of carboxylic acid groups (broad SMARTS) is 1. The summed E-state index contributed by atoms with van der Waals surface area (Å²) in [5, 5.41) is 10.2. The van der Waals surface area contributed by atoms with Crippen LogP contribution in [-0.2, 0) is 27.7 Å². The van der Waals surface area contributed by atoms with Crippen molar-refractivity contribution in [2.75, 3.05) is 6.61 Å². The molecule has 4 rings (SSSR count). The summed E-state index contributed by atoms with van der Waals surface area (Å²) in [4.78, 5) is 14.9. The largest absolute Gasteiger partial charge is 0.481 e. The van der Waals surface area contributed by atoms with Gasteiger partial charge in [0, 0.05) is 10.9 Å². The molecule has 0 radical (unpaired) electrons. The van der Waals surface area contributed by atoms with Gasteiger partial charge in [0.1, 0.15) is 5.60 Å². The quantitative estimate of drug-likeness (QED) is 0.544. The number of ether oxygens (including phenoxy) is 1. The fourth-order valence-corrected chi connectivity index (χ4v) is 4.64. The number of carboxylic acids is 1. The van der Waals surface area contributed by atoms with Crippen LogP contribution in [0.2, 0.25) is 0 Å². The standard InChI is InChI=1S/C23H22F3NO3/c1-2-11-22(13-19(28)29)21-16(10-12-30-22)20-15(7-5-9-18(20)27-21)14-6-3-4-8-17(14)23(24,25)26/h3-9,27H,2,10-13H2,1H3,(H,28,29). The first kappa shape index (κ1) is 20.5. The van der Waals surface area contributed by atoms with Crippen LogP contribution < -0.4 is 0 Å². The summed E-state index contributed by atoms with van der Waals surface area (Å²) in [6.45, 7) is 2.28. The molecular formula is C23H22F3NO3. The lowest BCUT2D eigenvalue weighted by atomic mass is 9.83. The number of alkyl halides is 3. The highest BCUT2D eigenvalue weighted by Crippen LogP contribution is 2.46. The van der Waals surface area contributed by atoms with Crippen molar-refractivity contribution in [3.05, 3.63) is 59.3 Å². The SMILES string of the molecule is CCCC1(CC(=O)O)OCCc2c1[nH]c1cccc(-c3ccccc3C(F)(F)F)c21. The van der Waals surface area contributed by atoms with Crippen LogP contribution in [0.3, 0.4) is 0 Å². The molecule has 1 aromatic heterocycles. The molecular weight excluding hydrogens is 395 g/mol. The van der Waals surface area contributed by atoms with Crippen LogP contribution >= 0.6 is 0 Å². The van der Waals surface area contributed by atoms with E-state index < -0.39 is 23.3 Å². The number of benzene rings is 2. The molecule has 1 aliphatic heterocycles. The van der Waals surface area contributed by atoms with E-state index in [9.17, 15) is 23.1 Å². The number of nitrogens with one attached hydrogen (secondary N) is 1. The van der Waals surface area contributed by atoms with Gasteiger partial charge in [-0.1, -0.05) is 43.7 Å². The highest BCUT2D eigenvalue weighted by molar-refractivity contribution is 5.99. The van der Waals surface area contributed by atoms with Crippen LogP contribution in [0.25, 0.3) is 22.0 Å². The maximum absolute atomic E-state index is 13.7. The van der Waals surface area contributed by atoms with Crippen molar-refractivity contribution < 1.29 is 27.8 Å². The van der Waals surface area contributed by atoms with Crippen molar-refractivity contribution in [2.45, 2.75) is 44.4 Å². The maximum Gasteiger partial charge on any atom is 0.417 e. The van der Waals surface area contributed by atoms with Crippen LogP contribution in [0.5, 0.6) is 0 Å². The Morgan fingerprint density at radius 1 is 1.17 bits per heavy atom. The number of aromatic amines is 1. The Hall–Kier alpha value is -2.80. The van der Waals surface area contributed by atoms with Crippen molar-refractivity contribution in [3.8, 4) is 11.1 Å². The number of hydrogen-bond donors (Lipinski definition) is 2. The molecule has 1 unspecified atom stereocenters. The van der Waals surface area contributed by atoms with E-state index in [1.54, 1.807) is 18.2 Å². The molecule has 1 atom stereocenters. The smallest absolute Gasteiger partial charge is 0.417 e. The van der Waals surface area contributed by atoms with E-state index >= 15 is 0 Å². The molecule has 4 nitrogen and oxygen atoms in total. The first-order chi connectivity index (χ1) is 14.3. The predicted molar refractivity (Wildman–Crippen MR) is 107 cm³/mol. The minimum absolute atomic E-state index is 0.114. The van der Waals surface area contributed by atoms with Crippen LogP contribution in [0.1, 0.15) is 43.0 Å². The number of aromatic nitrogens is 1. The van der Waals surface area contributed by atoms with Crippen molar-refractivity contribution in [1.82, 2.24) is 4.98 Å².